The number of ketones is 1. The number of hydrogen-bond donors (Lipinski definition) is 7. The average molecular weight is 550 g/mol. The summed E-state index contributed by atoms with van der Waals surface area (Å²) in [5, 5.41) is 8.39. The van der Waals surface area contributed by atoms with Crippen LogP contribution in [0.2, 0.25) is 0 Å². The van der Waals surface area contributed by atoms with Crippen LogP contribution in [-0.2, 0) is 45.5 Å². The van der Waals surface area contributed by atoms with Crippen molar-refractivity contribution < 1.29 is 80.0 Å². The fourth-order valence-electron chi connectivity index (χ4n) is 1.06. The van der Waals surface area contributed by atoms with Crippen LogP contribution in [0.15, 0.2) is 23.3 Å². The Morgan fingerprint density at radius 2 is 1.00 bits per heavy atom. The third kappa shape index (κ3) is 21.0. The summed E-state index contributed by atoms with van der Waals surface area (Å²) in [7, 11) is -20.0. The maximum Gasteiger partial charge on any atom is 0.481 e. The molecular formula is C11H22O17P4. The van der Waals surface area contributed by atoms with Gasteiger partial charge in [-0.1, -0.05) is 6.08 Å². The maximum absolute atomic E-state index is 10.9. The van der Waals surface area contributed by atoms with Crippen molar-refractivity contribution in [2.45, 2.75) is 20.8 Å². The van der Waals surface area contributed by atoms with Crippen LogP contribution in [-0.4, -0.2) is 59.4 Å². The van der Waals surface area contributed by atoms with Crippen LogP contribution in [0.3, 0.4) is 0 Å². The summed E-state index contributed by atoms with van der Waals surface area (Å²) >= 11 is 0. The molecule has 0 aromatic rings. The first-order valence-corrected chi connectivity index (χ1v) is 13.7. The number of allylic oxidation sites excluding steroid dienone is 1. The number of phosphoric ester groups is 2. The molecule has 0 rings (SSSR count). The minimum absolute atomic E-state index is 0.156. The van der Waals surface area contributed by atoms with E-state index in [1.165, 1.54) is 26.8 Å². The lowest BCUT2D eigenvalue weighted by molar-refractivity contribution is -0.132. The van der Waals surface area contributed by atoms with Crippen molar-refractivity contribution in [3.05, 3.63) is 23.3 Å². The Bertz CT molecular complexity index is 833. The fraction of sp³-hybridized carbons (Fsp3) is 0.455. The van der Waals surface area contributed by atoms with E-state index >= 15 is 0 Å². The molecule has 7 N–H and O–H groups in total. The van der Waals surface area contributed by atoms with E-state index in [4.69, 9.17) is 34.5 Å². The van der Waals surface area contributed by atoms with Crippen molar-refractivity contribution in [3.8, 4) is 0 Å². The van der Waals surface area contributed by atoms with E-state index in [1.54, 1.807) is 0 Å². The normalized spacial score (nSPS) is 16.9. The zero-order valence-electron chi connectivity index (χ0n) is 16.6. The smallest absolute Gasteiger partial charge is 0.478 e. The molecule has 17 nitrogen and oxygen atoms in total. The molecule has 0 aromatic carbocycles. The van der Waals surface area contributed by atoms with Gasteiger partial charge in [-0.3, -0.25) is 13.8 Å². The Hall–Kier alpha value is -0.860. The van der Waals surface area contributed by atoms with Crippen LogP contribution in [0.4, 0.5) is 0 Å². The molecule has 0 aromatic heterocycles. The molecule has 21 heteroatoms. The number of carbonyl (C=O) groups excluding carboxylic acids is 1. The largest absolute Gasteiger partial charge is 0.481 e. The third-order valence-corrected chi connectivity index (χ3v) is 6.87. The summed E-state index contributed by atoms with van der Waals surface area (Å²) in [6.45, 7) is 2.84. The van der Waals surface area contributed by atoms with Gasteiger partial charge in [0.05, 0.1) is 13.2 Å². The van der Waals surface area contributed by atoms with Gasteiger partial charge in [0, 0.05) is 5.57 Å². The molecule has 32 heavy (non-hydrogen) atoms. The van der Waals surface area contributed by atoms with Gasteiger partial charge in [0.1, 0.15) is 0 Å². The lowest BCUT2D eigenvalue weighted by atomic mass is 10.2. The van der Waals surface area contributed by atoms with E-state index in [1.807, 2.05) is 0 Å². The van der Waals surface area contributed by atoms with Gasteiger partial charge in [0.2, 0.25) is 0 Å². The van der Waals surface area contributed by atoms with Crippen molar-refractivity contribution in [2.24, 2.45) is 0 Å². The van der Waals surface area contributed by atoms with Gasteiger partial charge < -0.3 is 34.5 Å². The quantitative estimate of drug-likeness (QED) is 0.132. The maximum atomic E-state index is 10.9. The molecule has 2 unspecified atom stereocenters. The first-order chi connectivity index (χ1) is 14.1. The molecule has 0 saturated heterocycles. The molecule has 0 aliphatic rings. The van der Waals surface area contributed by atoms with Crippen LogP contribution in [0.1, 0.15) is 20.8 Å². The minimum atomic E-state index is -5.15. The Kier molecular flexibility index (Phi) is 14.3. The molecule has 0 aliphatic heterocycles. The summed E-state index contributed by atoms with van der Waals surface area (Å²) in [4.78, 5) is 71.5. The molecule has 0 radical (unpaired) electrons. The SMILES string of the molecule is C/C(=C\COP(=O)(O)OP(=O)(O)O)C(=O)O.CC(=O)/C(C)=C/COP(=O)(O)OP(=O)(O)O. The van der Waals surface area contributed by atoms with E-state index in [0.29, 0.717) is 0 Å². The fourth-order valence-corrected chi connectivity index (χ4v) is 4.11. The highest BCUT2D eigenvalue weighted by Crippen LogP contribution is 2.58. The second kappa shape index (κ2) is 13.8. The summed E-state index contributed by atoms with van der Waals surface area (Å²) in [5.41, 5.74) is 0.132. The topological polar surface area (TPSA) is 281 Å². The summed E-state index contributed by atoms with van der Waals surface area (Å²) in [6.07, 6.45) is 2.13. The standard InChI is InChI=1S/C6H12O8P2.C5H10O9P2/c1-5(6(2)7)3-4-13-16(11,12)14-15(8,9)10;1-4(5(6)7)2-3-13-16(11,12)14-15(8,9)10/h3H,4H2,1-2H3,(H,11,12)(H2,8,9,10);2H,3H2,1H3,(H,6,7)(H,11,12)(H2,8,9,10)/b5-3+;4-2+. The number of carbonyl (C=O) groups is 2. The van der Waals surface area contributed by atoms with Crippen LogP contribution in [0.5, 0.6) is 0 Å². The number of hydrogen-bond acceptors (Lipinski definition) is 10. The molecule has 2 atom stereocenters. The highest BCUT2D eigenvalue weighted by molar-refractivity contribution is 7.61. The Labute approximate surface area is 181 Å². The van der Waals surface area contributed by atoms with E-state index < -0.39 is 50.5 Å². The predicted molar refractivity (Wildman–Crippen MR) is 104 cm³/mol. The summed E-state index contributed by atoms with van der Waals surface area (Å²) in [5.74, 6) is -1.51. The van der Waals surface area contributed by atoms with Crippen molar-refractivity contribution in [1.82, 2.24) is 0 Å². The van der Waals surface area contributed by atoms with Crippen LogP contribution in [0.25, 0.3) is 0 Å². The van der Waals surface area contributed by atoms with E-state index in [0.717, 1.165) is 6.08 Å². The Balaban J connectivity index is 0. The van der Waals surface area contributed by atoms with Gasteiger partial charge in [-0.2, -0.15) is 8.62 Å². The number of aliphatic carboxylic acids is 1. The lowest BCUT2D eigenvalue weighted by Gasteiger charge is -2.11. The molecule has 0 bridgehead atoms. The molecule has 188 valence electrons. The molecule has 0 spiro atoms. The minimum Gasteiger partial charge on any atom is -0.478 e. The molecule has 0 amide bonds. The number of Topliss-reactive ketones (excluding diaryl/α,β-unsaturated/α-hetero) is 1. The van der Waals surface area contributed by atoms with Crippen LogP contribution >= 0.6 is 31.3 Å². The monoisotopic (exact) mass is 550 g/mol. The van der Waals surface area contributed by atoms with Crippen LogP contribution in [0, 0.1) is 0 Å². The number of carboxylic acid groups (broad SMARTS) is 1. The lowest BCUT2D eigenvalue weighted by Crippen LogP contribution is -1.99. The van der Waals surface area contributed by atoms with Gasteiger partial charge in [-0.25, -0.2) is 23.1 Å². The van der Waals surface area contributed by atoms with Gasteiger partial charge in [0.25, 0.3) is 0 Å². The second-order valence-corrected chi connectivity index (χ2v) is 11.0. The first kappa shape index (κ1) is 33.3. The predicted octanol–water partition coefficient (Wildman–Crippen LogP) is 0.992. The van der Waals surface area contributed by atoms with Gasteiger partial charge in [-0.05, 0) is 32.4 Å². The highest BCUT2D eigenvalue weighted by atomic mass is 31.3. The number of rotatable bonds is 12. The molecule has 0 heterocycles. The van der Waals surface area contributed by atoms with E-state index in [2.05, 4.69) is 17.7 Å². The Morgan fingerprint density at radius 1 is 0.688 bits per heavy atom. The Morgan fingerprint density at radius 3 is 1.25 bits per heavy atom. The average Bonchev–Trinajstić information content (AvgIpc) is 2.49. The summed E-state index contributed by atoms with van der Waals surface area (Å²) < 4.78 is 57.4. The number of carboxylic acids is 1. The first-order valence-electron chi connectivity index (χ1n) is 7.63. The van der Waals surface area contributed by atoms with Crippen molar-refractivity contribution in [1.29, 1.82) is 0 Å². The zero-order valence-corrected chi connectivity index (χ0v) is 20.1. The number of phosphoric acid groups is 4. The van der Waals surface area contributed by atoms with Gasteiger partial charge in [0.15, 0.2) is 5.78 Å². The highest BCUT2D eigenvalue weighted by Gasteiger charge is 2.32. The molecular weight excluding hydrogens is 528 g/mol. The van der Waals surface area contributed by atoms with E-state index in [9.17, 15) is 27.8 Å². The molecule has 0 fully saturated rings. The second-order valence-electron chi connectivity index (χ2n) is 5.31. The van der Waals surface area contributed by atoms with Crippen molar-refractivity contribution in [3.63, 3.8) is 0 Å². The summed E-state index contributed by atoms with van der Waals surface area (Å²) in [6, 6.07) is 0. The van der Waals surface area contributed by atoms with E-state index in [-0.39, 0.29) is 16.9 Å². The van der Waals surface area contributed by atoms with Gasteiger partial charge >= 0.3 is 37.3 Å². The van der Waals surface area contributed by atoms with Crippen molar-refractivity contribution in [2.75, 3.05) is 13.2 Å². The molecule has 0 saturated carbocycles. The molecule has 0 aliphatic carbocycles. The zero-order chi connectivity index (χ0) is 26.0. The van der Waals surface area contributed by atoms with Crippen LogP contribution < -0.4 is 0 Å². The third-order valence-electron chi connectivity index (χ3n) is 2.57. The van der Waals surface area contributed by atoms with Crippen molar-refractivity contribution >= 4 is 43.0 Å². The van der Waals surface area contributed by atoms with Gasteiger partial charge in [-0.15, -0.1) is 0 Å².